The summed E-state index contributed by atoms with van der Waals surface area (Å²) in [5.74, 6) is -0.325. The summed E-state index contributed by atoms with van der Waals surface area (Å²) in [4.78, 5) is 23.5. The average molecular weight is 298 g/mol. The summed E-state index contributed by atoms with van der Waals surface area (Å²) in [6.07, 6.45) is 6.32. The van der Waals surface area contributed by atoms with Crippen LogP contribution >= 0.6 is 0 Å². The van der Waals surface area contributed by atoms with E-state index in [0.29, 0.717) is 18.8 Å². The first-order valence-corrected chi connectivity index (χ1v) is 8.23. The Balaban J connectivity index is 2.48. The summed E-state index contributed by atoms with van der Waals surface area (Å²) in [5.41, 5.74) is -0.770. The van der Waals surface area contributed by atoms with Crippen molar-refractivity contribution in [2.24, 2.45) is 11.3 Å². The number of aliphatic carboxylic acids is 1. The van der Waals surface area contributed by atoms with Crippen LogP contribution in [-0.2, 0) is 4.79 Å². The topological polar surface area (TPSA) is 78.4 Å². The maximum absolute atomic E-state index is 12.0. The number of amides is 2. The molecule has 1 rings (SSSR count). The molecular formula is C16H30N2O3. The first kappa shape index (κ1) is 17.8. The fourth-order valence-electron chi connectivity index (χ4n) is 3.32. The van der Waals surface area contributed by atoms with Crippen molar-refractivity contribution in [2.45, 2.75) is 71.8 Å². The number of carbonyl (C=O) groups excluding carboxylic acids is 1. The first-order valence-electron chi connectivity index (χ1n) is 8.23. The van der Waals surface area contributed by atoms with Crippen LogP contribution in [0.3, 0.4) is 0 Å². The first-order chi connectivity index (χ1) is 9.95. The zero-order chi connectivity index (χ0) is 15.9. The van der Waals surface area contributed by atoms with Gasteiger partial charge in [0.15, 0.2) is 0 Å². The molecule has 0 spiro atoms. The van der Waals surface area contributed by atoms with Crippen LogP contribution in [0.5, 0.6) is 0 Å². The van der Waals surface area contributed by atoms with Gasteiger partial charge in [-0.25, -0.2) is 4.79 Å². The predicted molar refractivity (Wildman–Crippen MR) is 83.2 cm³/mol. The highest BCUT2D eigenvalue weighted by molar-refractivity contribution is 5.78. The van der Waals surface area contributed by atoms with E-state index in [1.54, 1.807) is 0 Å². The minimum atomic E-state index is -0.782. The SMILES string of the molecule is CCC(CC)C(C)NC(=O)NCC1(C(=O)O)CCCCC1. The van der Waals surface area contributed by atoms with Gasteiger partial charge in [-0.15, -0.1) is 0 Å². The van der Waals surface area contributed by atoms with Crippen molar-refractivity contribution in [3.8, 4) is 0 Å². The van der Waals surface area contributed by atoms with Crippen LogP contribution in [-0.4, -0.2) is 29.7 Å². The summed E-state index contributed by atoms with van der Waals surface area (Å²) < 4.78 is 0. The van der Waals surface area contributed by atoms with Crippen molar-refractivity contribution in [3.05, 3.63) is 0 Å². The van der Waals surface area contributed by atoms with Gasteiger partial charge in [0.1, 0.15) is 0 Å². The zero-order valence-electron chi connectivity index (χ0n) is 13.6. The van der Waals surface area contributed by atoms with E-state index < -0.39 is 11.4 Å². The van der Waals surface area contributed by atoms with Gasteiger partial charge < -0.3 is 15.7 Å². The van der Waals surface area contributed by atoms with E-state index in [1.165, 1.54) is 0 Å². The molecule has 0 aromatic heterocycles. The smallest absolute Gasteiger partial charge is 0.315 e. The largest absolute Gasteiger partial charge is 0.481 e. The number of carboxylic acids is 1. The van der Waals surface area contributed by atoms with Crippen molar-refractivity contribution in [3.63, 3.8) is 0 Å². The van der Waals surface area contributed by atoms with Gasteiger partial charge in [-0.05, 0) is 25.7 Å². The highest BCUT2D eigenvalue weighted by Crippen LogP contribution is 2.35. The van der Waals surface area contributed by atoms with Gasteiger partial charge in [0.05, 0.1) is 5.41 Å². The lowest BCUT2D eigenvalue weighted by Crippen LogP contribution is -2.49. The van der Waals surface area contributed by atoms with E-state index in [1.807, 2.05) is 6.92 Å². The van der Waals surface area contributed by atoms with Gasteiger partial charge in [0.25, 0.3) is 0 Å². The number of rotatable bonds is 7. The molecule has 0 saturated heterocycles. The summed E-state index contributed by atoms with van der Waals surface area (Å²) in [7, 11) is 0. The lowest BCUT2D eigenvalue weighted by Gasteiger charge is -2.33. The Labute approximate surface area is 127 Å². The Bertz CT molecular complexity index is 347. The number of nitrogens with one attached hydrogen (secondary N) is 2. The average Bonchev–Trinajstić information content (AvgIpc) is 2.47. The fraction of sp³-hybridized carbons (Fsp3) is 0.875. The van der Waals surface area contributed by atoms with Gasteiger partial charge in [0, 0.05) is 12.6 Å². The van der Waals surface area contributed by atoms with Gasteiger partial charge in [-0.3, -0.25) is 4.79 Å². The number of hydrogen-bond acceptors (Lipinski definition) is 2. The minimum absolute atomic E-state index is 0.104. The predicted octanol–water partition coefficient (Wildman–Crippen LogP) is 3.15. The van der Waals surface area contributed by atoms with Gasteiger partial charge in [-0.1, -0.05) is 46.0 Å². The van der Waals surface area contributed by atoms with E-state index >= 15 is 0 Å². The highest BCUT2D eigenvalue weighted by Gasteiger charge is 2.39. The molecule has 1 aliphatic carbocycles. The second-order valence-corrected chi connectivity index (χ2v) is 6.34. The zero-order valence-corrected chi connectivity index (χ0v) is 13.6. The molecule has 2 amide bonds. The molecule has 0 radical (unpaired) electrons. The normalized spacial score (nSPS) is 19.0. The summed E-state index contributed by atoms with van der Waals surface area (Å²) in [5, 5.41) is 15.2. The Morgan fingerprint density at radius 1 is 1.14 bits per heavy atom. The van der Waals surface area contributed by atoms with Crippen LogP contribution in [0.2, 0.25) is 0 Å². The van der Waals surface area contributed by atoms with Crippen LogP contribution in [0.1, 0.15) is 65.7 Å². The number of hydrogen-bond donors (Lipinski definition) is 3. The molecule has 1 atom stereocenters. The molecule has 5 heteroatoms. The Morgan fingerprint density at radius 2 is 1.71 bits per heavy atom. The molecule has 122 valence electrons. The van der Waals surface area contributed by atoms with E-state index in [2.05, 4.69) is 24.5 Å². The molecule has 1 unspecified atom stereocenters. The number of carbonyl (C=O) groups is 2. The second kappa shape index (κ2) is 8.25. The Morgan fingerprint density at radius 3 is 2.19 bits per heavy atom. The molecule has 0 bridgehead atoms. The lowest BCUT2D eigenvalue weighted by atomic mass is 9.74. The van der Waals surface area contributed by atoms with Crippen LogP contribution in [0, 0.1) is 11.3 Å². The maximum atomic E-state index is 12.0. The maximum Gasteiger partial charge on any atom is 0.315 e. The van der Waals surface area contributed by atoms with Crippen molar-refractivity contribution in [2.75, 3.05) is 6.54 Å². The molecule has 0 aliphatic heterocycles. The van der Waals surface area contributed by atoms with Crippen molar-refractivity contribution in [1.82, 2.24) is 10.6 Å². The highest BCUT2D eigenvalue weighted by atomic mass is 16.4. The third-order valence-corrected chi connectivity index (χ3v) is 4.97. The van der Waals surface area contributed by atoms with E-state index in [0.717, 1.165) is 32.1 Å². The molecule has 3 N–H and O–H groups in total. The quantitative estimate of drug-likeness (QED) is 0.675. The monoisotopic (exact) mass is 298 g/mol. The fourth-order valence-corrected chi connectivity index (χ4v) is 3.32. The van der Waals surface area contributed by atoms with Crippen LogP contribution in [0.15, 0.2) is 0 Å². The molecule has 0 heterocycles. The van der Waals surface area contributed by atoms with Crippen molar-refractivity contribution < 1.29 is 14.7 Å². The molecule has 5 nitrogen and oxygen atoms in total. The molecule has 1 aliphatic rings. The Hall–Kier alpha value is -1.26. The Kier molecular flexibility index (Phi) is 6.99. The summed E-state index contributed by atoms with van der Waals surface area (Å²) in [6.45, 7) is 6.46. The van der Waals surface area contributed by atoms with Crippen LogP contribution in [0.4, 0.5) is 4.79 Å². The lowest BCUT2D eigenvalue weighted by molar-refractivity contribution is -0.150. The van der Waals surface area contributed by atoms with E-state index in [9.17, 15) is 14.7 Å². The van der Waals surface area contributed by atoms with Crippen LogP contribution < -0.4 is 10.6 Å². The molecule has 1 fully saturated rings. The molecule has 1 saturated carbocycles. The third-order valence-electron chi connectivity index (χ3n) is 4.97. The van der Waals surface area contributed by atoms with Gasteiger partial charge >= 0.3 is 12.0 Å². The van der Waals surface area contributed by atoms with Crippen molar-refractivity contribution in [1.29, 1.82) is 0 Å². The molecule has 0 aromatic rings. The third kappa shape index (κ3) is 4.90. The van der Waals surface area contributed by atoms with Crippen molar-refractivity contribution >= 4 is 12.0 Å². The van der Waals surface area contributed by atoms with E-state index in [-0.39, 0.29) is 18.6 Å². The molecule has 0 aromatic carbocycles. The standard InChI is InChI=1S/C16H30N2O3/c1-4-13(5-2)12(3)18-15(21)17-11-16(14(19)20)9-7-6-8-10-16/h12-13H,4-11H2,1-3H3,(H,19,20)(H2,17,18,21). The summed E-state index contributed by atoms with van der Waals surface area (Å²) in [6, 6.07) is -0.146. The van der Waals surface area contributed by atoms with Crippen LogP contribution in [0.25, 0.3) is 0 Å². The second-order valence-electron chi connectivity index (χ2n) is 6.34. The number of urea groups is 1. The number of carboxylic acid groups (broad SMARTS) is 1. The van der Waals surface area contributed by atoms with Gasteiger partial charge in [0.2, 0.25) is 0 Å². The van der Waals surface area contributed by atoms with Gasteiger partial charge in [-0.2, -0.15) is 0 Å². The van der Waals surface area contributed by atoms with E-state index in [4.69, 9.17) is 0 Å². The molecule has 21 heavy (non-hydrogen) atoms. The minimum Gasteiger partial charge on any atom is -0.481 e. The molecular weight excluding hydrogens is 268 g/mol. The summed E-state index contributed by atoms with van der Waals surface area (Å²) >= 11 is 0.